The first-order valence-electron chi connectivity index (χ1n) is 9.50. The summed E-state index contributed by atoms with van der Waals surface area (Å²) in [7, 11) is 0. The third-order valence-corrected chi connectivity index (χ3v) is 6.58. The van der Waals surface area contributed by atoms with Gasteiger partial charge in [-0.25, -0.2) is 4.79 Å². The maximum atomic E-state index is 12.9. The molecule has 1 amide bonds. The van der Waals surface area contributed by atoms with Gasteiger partial charge in [-0.1, -0.05) is 60.4 Å². The largest absolute Gasteiger partial charge is 0.488 e. The first-order valence-corrected chi connectivity index (χ1v) is 11.5. The summed E-state index contributed by atoms with van der Waals surface area (Å²) in [5, 5.41) is 8.98. The number of carbonyl (C=O) groups excluding carboxylic acids is 1. The molecule has 0 radical (unpaired) electrons. The van der Waals surface area contributed by atoms with Gasteiger partial charge in [-0.15, -0.1) is 0 Å². The molecular formula is C24H16BrNO4S2. The number of carboxylic acids is 1. The fraction of sp³-hybridized carbons (Fsp3) is 0.0417. The molecule has 3 aromatic carbocycles. The smallest absolute Gasteiger partial charge is 0.335 e. The number of amides is 1. The predicted octanol–water partition coefficient (Wildman–Crippen LogP) is 6.13. The molecule has 0 atom stereocenters. The molecule has 8 heteroatoms. The van der Waals surface area contributed by atoms with Gasteiger partial charge < -0.3 is 9.84 Å². The number of anilines is 1. The fourth-order valence-corrected chi connectivity index (χ4v) is 4.86. The molecule has 160 valence electrons. The number of ether oxygens (including phenoxy) is 1. The van der Waals surface area contributed by atoms with Crippen LogP contribution in [0.4, 0.5) is 5.69 Å². The van der Waals surface area contributed by atoms with Gasteiger partial charge in [-0.3, -0.25) is 9.69 Å². The van der Waals surface area contributed by atoms with E-state index >= 15 is 0 Å². The average molecular weight is 526 g/mol. The van der Waals surface area contributed by atoms with Crippen LogP contribution in [0.25, 0.3) is 6.08 Å². The zero-order chi connectivity index (χ0) is 22.7. The van der Waals surface area contributed by atoms with E-state index in [0.29, 0.717) is 21.6 Å². The van der Waals surface area contributed by atoms with Gasteiger partial charge in [0.05, 0.1) is 20.6 Å². The number of carboxylic acid groups (broad SMARTS) is 1. The van der Waals surface area contributed by atoms with Gasteiger partial charge in [-0.2, -0.15) is 0 Å². The van der Waals surface area contributed by atoms with Crippen molar-refractivity contribution in [3.05, 3.63) is 98.9 Å². The molecule has 5 nitrogen and oxygen atoms in total. The van der Waals surface area contributed by atoms with Crippen LogP contribution in [-0.4, -0.2) is 21.3 Å². The number of nitrogens with zero attached hydrogens (tertiary/aromatic N) is 1. The maximum Gasteiger partial charge on any atom is 0.335 e. The molecule has 1 fully saturated rings. The monoisotopic (exact) mass is 525 g/mol. The Bertz CT molecular complexity index is 1230. The summed E-state index contributed by atoms with van der Waals surface area (Å²) in [5.41, 5.74) is 2.68. The Kier molecular flexibility index (Phi) is 6.74. The molecule has 0 aromatic heterocycles. The van der Waals surface area contributed by atoms with Crippen molar-refractivity contribution in [3.8, 4) is 5.75 Å². The topological polar surface area (TPSA) is 66.8 Å². The van der Waals surface area contributed by atoms with E-state index in [0.717, 1.165) is 21.3 Å². The van der Waals surface area contributed by atoms with Crippen LogP contribution in [0.1, 0.15) is 21.5 Å². The van der Waals surface area contributed by atoms with Crippen LogP contribution in [0, 0.1) is 0 Å². The minimum Gasteiger partial charge on any atom is -0.488 e. The minimum absolute atomic E-state index is 0.146. The molecule has 3 aromatic rings. The van der Waals surface area contributed by atoms with Gasteiger partial charge in [0.1, 0.15) is 12.4 Å². The van der Waals surface area contributed by atoms with Gasteiger partial charge >= 0.3 is 5.97 Å². The number of carbonyl (C=O) groups is 2. The van der Waals surface area contributed by atoms with Gasteiger partial charge in [0.25, 0.3) is 5.91 Å². The van der Waals surface area contributed by atoms with Crippen LogP contribution in [0.15, 0.2) is 82.2 Å². The Balaban J connectivity index is 1.46. The molecular weight excluding hydrogens is 510 g/mol. The van der Waals surface area contributed by atoms with Crippen LogP contribution in [0.5, 0.6) is 5.75 Å². The summed E-state index contributed by atoms with van der Waals surface area (Å²) in [6.07, 6.45) is 1.81. The Morgan fingerprint density at radius 1 is 1.09 bits per heavy atom. The summed E-state index contributed by atoms with van der Waals surface area (Å²) in [6, 6.07) is 21.4. The Morgan fingerprint density at radius 3 is 2.47 bits per heavy atom. The van der Waals surface area contributed by atoms with Crippen LogP contribution >= 0.6 is 39.9 Å². The van der Waals surface area contributed by atoms with E-state index < -0.39 is 5.97 Å². The standard InChI is InChI=1S/C24H16BrNO4S2/c25-19-12-16(8-11-20(19)30-14-15-6-9-17(10-7-15)23(28)29)13-21-22(27)26(24(31)32-21)18-4-2-1-3-5-18/h1-13H,14H2,(H,28,29)/b21-13+. The highest BCUT2D eigenvalue weighted by Crippen LogP contribution is 2.36. The SMILES string of the molecule is O=C(O)c1ccc(COc2ccc(/C=C3/SC(=S)N(c4ccccc4)C3=O)cc2Br)cc1. The van der Waals surface area contributed by atoms with Gasteiger partial charge in [0.15, 0.2) is 4.32 Å². The van der Waals surface area contributed by atoms with Crippen molar-refractivity contribution in [3.63, 3.8) is 0 Å². The summed E-state index contributed by atoms with van der Waals surface area (Å²) in [5.74, 6) is -0.467. The molecule has 32 heavy (non-hydrogen) atoms. The van der Waals surface area contributed by atoms with Crippen molar-refractivity contribution in [1.82, 2.24) is 0 Å². The Morgan fingerprint density at radius 2 is 1.81 bits per heavy atom. The van der Waals surface area contributed by atoms with Gasteiger partial charge in [0, 0.05) is 0 Å². The number of benzene rings is 3. The lowest BCUT2D eigenvalue weighted by Crippen LogP contribution is -2.27. The lowest BCUT2D eigenvalue weighted by molar-refractivity contribution is -0.113. The van der Waals surface area contributed by atoms with Crippen molar-refractivity contribution in [2.75, 3.05) is 4.90 Å². The predicted molar refractivity (Wildman–Crippen MR) is 134 cm³/mol. The second kappa shape index (κ2) is 9.68. The summed E-state index contributed by atoms with van der Waals surface area (Å²) >= 11 is 10.2. The van der Waals surface area contributed by atoms with E-state index in [9.17, 15) is 9.59 Å². The Labute approximate surface area is 202 Å². The summed E-state index contributed by atoms with van der Waals surface area (Å²) < 4.78 is 7.09. The second-order valence-corrected chi connectivity index (χ2v) is 9.36. The van der Waals surface area contributed by atoms with Gasteiger partial charge in [0.2, 0.25) is 0 Å². The summed E-state index contributed by atoms with van der Waals surface area (Å²) in [4.78, 5) is 25.9. The summed E-state index contributed by atoms with van der Waals surface area (Å²) in [6.45, 7) is 0.299. The van der Waals surface area contributed by atoms with Crippen LogP contribution in [0.2, 0.25) is 0 Å². The number of rotatable bonds is 6. The first-order chi connectivity index (χ1) is 15.4. The molecule has 0 unspecified atom stereocenters. The molecule has 0 aliphatic carbocycles. The number of halogens is 1. The van der Waals surface area contributed by atoms with E-state index in [4.69, 9.17) is 22.1 Å². The third-order valence-electron chi connectivity index (χ3n) is 4.66. The molecule has 0 bridgehead atoms. The molecule has 1 aliphatic rings. The van der Waals surface area contributed by atoms with Crippen LogP contribution in [-0.2, 0) is 11.4 Å². The second-order valence-electron chi connectivity index (χ2n) is 6.83. The number of hydrogen-bond donors (Lipinski definition) is 1. The van der Waals surface area contributed by atoms with Crippen molar-refractivity contribution in [2.24, 2.45) is 0 Å². The molecule has 4 rings (SSSR count). The van der Waals surface area contributed by atoms with Crippen LogP contribution in [0.3, 0.4) is 0 Å². The van der Waals surface area contributed by atoms with Crippen molar-refractivity contribution in [1.29, 1.82) is 0 Å². The van der Waals surface area contributed by atoms with Crippen molar-refractivity contribution < 1.29 is 19.4 Å². The fourth-order valence-electron chi connectivity index (χ4n) is 3.05. The molecule has 0 spiro atoms. The lowest BCUT2D eigenvalue weighted by atomic mass is 10.1. The molecule has 1 heterocycles. The van der Waals surface area contributed by atoms with Crippen molar-refractivity contribution >= 4 is 67.9 Å². The Hall–Kier alpha value is -2.94. The third kappa shape index (κ3) is 4.93. The normalized spacial score (nSPS) is 14.8. The highest BCUT2D eigenvalue weighted by molar-refractivity contribution is 9.10. The number of thiocarbonyl (C=S) groups is 1. The number of thioether (sulfide) groups is 1. The van der Waals surface area contributed by atoms with Crippen molar-refractivity contribution in [2.45, 2.75) is 6.61 Å². The highest BCUT2D eigenvalue weighted by atomic mass is 79.9. The average Bonchev–Trinajstić information content (AvgIpc) is 3.06. The number of aromatic carboxylic acids is 1. The van der Waals surface area contributed by atoms with E-state index in [1.54, 1.807) is 30.3 Å². The zero-order valence-corrected chi connectivity index (χ0v) is 19.7. The number of para-hydroxylation sites is 1. The zero-order valence-electron chi connectivity index (χ0n) is 16.5. The van der Waals surface area contributed by atoms with E-state index in [1.165, 1.54) is 16.7 Å². The van der Waals surface area contributed by atoms with E-state index in [1.807, 2.05) is 48.5 Å². The van der Waals surface area contributed by atoms with E-state index in [-0.39, 0.29) is 11.5 Å². The number of hydrogen-bond acceptors (Lipinski definition) is 5. The maximum absolute atomic E-state index is 12.9. The molecule has 1 N–H and O–H groups in total. The highest BCUT2D eigenvalue weighted by Gasteiger charge is 2.33. The van der Waals surface area contributed by atoms with E-state index in [2.05, 4.69) is 15.9 Å². The van der Waals surface area contributed by atoms with Crippen LogP contribution < -0.4 is 9.64 Å². The molecule has 1 saturated heterocycles. The minimum atomic E-state index is -0.962. The lowest BCUT2D eigenvalue weighted by Gasteiger charge is -2.13. The molecule has 0 saturated carbocycles. The van der Waals surface area contributed by atoms with Gasteiger partial charge in [-0.05, 0) is 69.5 Å². The first kappa shape index (κ1) is 22.3. The molecule has 1 aliphatic heterocycles. The quantitative estimate of drug-likeness (QED) is 0.308.